The van der Waals surface area contributed by atoms with Crippen LogP contribution in [0.5, 0.6) is 0 Å². The van der Waals surface area contributed by atoms with E-state index in [0.717, 1.165) is 30.0 Å². The fraction of sp³-hybridized carbons (Fsp3) is 0.500. The van der Waals surface area contributed by atoms with Crippen molar-refractivity contribution in [1.82, 2.24) is 0 Å². The maximum absolute atomic E-state index is 3.75. The van der Waals surface area contributed by atoms with Crippen LogP contribution in [0.2, 0.25) is 0 Å². The molecule has 1 nitrogen and oxygen atoms in total. The largest absolute Gasteiger partial charge is 0.310 e. The summed E-state index contributed by atoms with van der Waals surface area (Å²) in [6.07, 6.45) is 0.986. The first kappa shape index (κ1) is 73.8. The van der Waals surface area contributed by atoms with Crippen molar-refractivity contribution in [1.29, 1.82) is 0 Å². The summed E-state index contributed by atoms with van der Waals surface area (Å²) < 4.78 is 5.55. The van der Waals surface area contributed by atoms with E-state index in [-0.39, 0.29) is 65.6 Å². The molecule has 0 spiro atoms. The zero-order valence-electron chi connectivity index (χ0n) is 50.4. The summed E-state index contributed by atoms with van der Waals surface area (Å²) in [5, 5.41) is 0. The molecule has 0 saturated heterocycles. The lowest BCUT2D eigenvalue weighted by molar-refractivity contribution is 0.565. The fourth-order valence-corrected chi connectivity index (χ4v) is 12.5. The van der Waals surface area contributed by atoms with Gasteiger partial charge in [-0.1, -0.05) is 301 Å². The molecule has 0 radical (unpaired) electrons. The summed E-state index contributed by atoms with van der Waals surface area (Å²) in [5.74, 6) is 0. The Morgan fingerprint density at radius 3 is 0.641 bits per heavy atom. The topological polar surface area (TPSA) is 3.24 Å². The van der Waals surface area contributed by atoms with Gasteiger partial charge in [0.1, 0.15) is 0 Å². The Hall–Kier alpha value is -2.23. The van der Waals surface area contributed by atoms with Crippen molar-refractivity contribution in [3.8, 4) is 0 Å². The highest BCUT2D eigenvalue weighted by Crippen LogP contribution is 2.44. The van der Waals surface area contributed by atoms with Gasteiger partial charge in [-0.05, 0) is 189 Å². The number of halogens is 5. The molecule has 0 aromatic heterocycles. The summed E-state index contributed by atoms with van der Waals surface area (Å²) in [5.41, 5.74) is 18.2. The molecule has 6 aromatic carbocycles. The Bertz CT molecular complexity index is 2570. The molecule has 0 aliphatic carbocycles. The van der Waals surface area contributed by atoms with Gasteiger partial charge in [0, 0.05) is 38.5 Å². The van der Waals surface area contributed by atoms with Gasteiger partial charge in [0.2, 0.25) is 0 Å². The first-order chi connectivity index (χ1) is 33.7. The summed E-state index contributed by atoms with van der Waals surface area (Å²) in [6, 6.07) is 41.5. The maximum atomic E-state index is 3.75. The van der Waals surface area contributed by atoms with E-state index < -0.39 is 0 Å². The normalized spacial score (nSPS) is 12.4. The van der Waals surface area contributed by atoms with E-state index in [1.807, 2.05) is 6.07 Å². The van der Waals surface area contributed by atoms with Crippen LogP contribution in [-0.4, -0.2) is 0 Å². The van der Waals surface area contributed by atoms with E-state index in [2.05, 4.69) is 361 Å². The molecule has 432 valence electrons. The molecule has 0 aliphatic heterocycles. The number of hydrogen-bond acceptors (Lipinski definition) is 1. The van der Waals surface area contributed by atoms with Crippen molar-refractivity contribution in [2.75, 3.05) is 4.90 Å². The average Bonchev–Trinajstić information content (AvgIpc) is 3.20. The van der Waals surface area contributed by atoms with Crippen LogP contribution >= 0.6 is 86.3 Å². The van der Waals surface area contributed by atoms with E-state index in [0.29, 0.717) is 0 Å². The number of hydrogen-bond donors (Lipinski definition) is 0. The van der Waals surface area contributed by atoms with Gasteiger partial charge in [-0.25, -0.2) is 0 Å². The van der Waals surface area contributed by atoms with Crippen LogP contribution in [0.1, 0.15) is 244 Å². The van der Waals surface area contributed by atoms with Crippen molar-refractivity contribution in [3.63, 3.8) is 0 Å². The van der Waals surface area contributed by atoms with Crippen molar-refractivity contribution in [2.24, 2.45) is 0 Å². The number of rotatable bonds is 5. The van der Waals surface area contributed by atoms with Crippen molar-refractivity contribution < 1.29 is 0 Å². The maximum Gasteiger partial charge on any atom is 0.0484 e. The highest BCUT2D eigenvalue weighted by molar-refractivity contribution is 14.1. The van der Waals surface area contributed by atoms with E-state index in [4.69, 9.17) is 0 Å². The van der Waals surface area contributed by atoms with Gasteiger partial charge in [0.15, 0.2) is 0 Å². The van der Waals surface area contributed by atoms with E-state index in [1.165, 1.54) is 70.6 Å². The van der Waals surface area contributed by atoms with Crippen molar-refractivity contribution in [3.05, 3.63) is 186 Å². The molecule has 0 aliphatic rings. The van der Waals surface area contributed by atoms with Crippen LogP contribution in [-0.2, 0) is 49.7 Å². The van der Waals surface area contributed by atoms with Crippen LogP contribution in [0.15, 0.2) is 127 Å². The molecule has 6 rings (SSSR count). The first-order valence-corrected chi connectivity index (χ1v) is 31.0. The first-order valence-electron chi connectivity index (χ1n) is 26.7. The molecule has 6 aromatic rings. The molecule has 78 heavy (non-hydrogen) atoms. The third kappa shape index (κ3) is 21.8. The number of nitrogens with zero attached hydrogens (tertiary/aromatic N) is 1. The quantitative estimate of drug-likeness (QED) is 0.156. The van der Waals surface area contributed by atoms with Crippen LogP contribution in [0.3, 0.4) is 0 Å². The molecule has 0 bridgehead atoms. The van der Waals surface area contributed by atoms with E-state index >= 15 is 0 Å². The van der Waals surface area contributed by atoms with Crippen LogP contribution < -0.4 is 4.90 Å². The van der Waals surface area contributed by atoms with E-state index in [1.54, 1.807) is 0 Å². The Morgan fingerprint density at radius 2 is 0.449 bits per heavy atom. The Morgan fingerprint density at radius 1 is 0.269 bits per heavy atom. The monoisotopic (exact) mass is 1430 g/mol. The highest BCUT2D eigenvalue weighted by Gasteiger charge is 2.28. The molecule has 0 unspecified atom stereocenters. The van der Waals surface area contributed by atoms with Gasteiger partial charge in [-0.3, -0.25) is 0 Å². The molecule has 0 atom stereocenters. The predicted octanol–water partition coefficient (Wildman–Crippen LogP) is 26.1. The third-order valence-electron chi connectivity index (χ3n) is 13.6. The summed E-state index contributed by atoms with van der Waals surface area (Å²) in [7, 11) is 0. The molecule has 0 fully saturated rings. The summed E-state index contributed by atoms with van der Waals surface area (Å²) in [6.45, 7) is 55.4. The number of benzene rings is 6. The summed E-state index contributed by atoms with van der Waals surface area (Å²) >= 11 is 16.5. The lowest BCUT2D eigenvalue weighted by atomic mass is 9.77. The second-order valence-corrected chi connectivity index (χ2v) is 34.0. The van der Waals surface area contributed by atoms with Gasteiger partial charge in [-0.15, -0.1) is 0 Å². The minimum absolute atomic E-state index is 0. The smallest absolute Gasteiger partial charge is 0.0484 e. The Labute approximate surface area is 527 Å². The van der Waals surface area contributed by atoms with Crippen LogP contribution in [0, 0.1) is 3.57 Å². The lowest BCUT2D eigenvalue weighted by Gasteiger charge is -2.33. The molecule has 0 amide bonds. The molecule has 0 saturated carbocycles. The van der Waals surface area contributed by atoms with Gasteiger partial charge in [0.25, 0.3) is 0 Å². The van der Waals surface area contributed by atoms with Gasteiger partial charge in [-0.2, -0.15) is 0 Å². The summed E-state index contributed by atoms with van der Waals surface area (Å²) in [4.78, 5) is 2.43. The number of anilines is 3. The molecule has 0 heterocycles. The Kier molecular flexibility index (Phi) is 26.0. The van der Waals surface area contributed by atoms with E-state index in [9.17, 15) is 0 Å². The van der Waals surface area contributed by atoms with Crippen LogP contribution in [0.4, 0.5) is 17.1 Å². The predicted molar refractivity (Wildman–Crippen MR) is 377 cm³/mol. The fourth-order valence-electron chi connectivity index (χ4n) is 8.40. The third-order valence-corrected chi connectivity index (χ3v) is 16.1. The minimum atomic E-state index is 0. The van der Waals surface area contributed by atoms with Crippen LogP contribution in [0.25, 0.3) is 0 Å². The van der Waals surface area contributed by atoms with Crippen molar-refractivity contribution >= 4 is 103 Å². The molecule has 0 N–H and O–H groups in total. The molecule has 6 heteroatoms. The second kappa shape index (κ2) is 27.4. The van der Waals surface area contributed by atoms with Gasteiger partial charge >= 0.3 is 0 Å². The highest BCUT2D eigenvalue weighted by atomic mass is 127. The van der Waals surface area contributed by atoms with Gasteiger partial charge < -0.3 is 4.90 Å². The minimum Gasteiger partial charge on any atom is -0.310 e. The molecular weight excluding hydrogens is 1330 g/mol. The second-order valence-electron chi connectivity index (χ2n) is 29.1. The molecular formula is C72H104Br4IN. The SMILES string of the molecule is Brc1cc(Br)cc(I)c1.C.C.C.CC(C)(C)c1cc(Cc2cc(C(C)(C)C)cc(C(C)(C)C)c2)cc(C(C)(C)C)c1.CC(C)(C)c1cc(N(c2cc(Br)cc(Br)c2)c2cc(C(C)(C)C)cc(C(C)(C)C)c2)cc(C(C)(C)C)c1. The zero-order valence-corrected chi connectivity index (χ0v) is 58.9. The lowest BCUT2D eigenvalue weighted by Crippen LogP contribution is -2.21. The zero-order chi connectivity index (χ0) is 57.4. The van der Waals surface area contributed by atoms with Gasteiger partial charge in [0.05, 0.1) is 0 Å². The Balaban J connectivity index is 0.000000661. The average molecular weight is 1430 g/mol. The standard InChI is InChI=1S/C34H45Br2N.C29H44.C6H3Br2I.3CH4/c1-31(2,3)22-13-23(32(4,5)6)16-28(15-22)37(30-20-26(35)19-27(36)21-30)29-17-24(33(7,8)9)14-25(18-29)34(10,11)12;1-26(2,3)22-14-20(15-23(18-22)27(4,5)6)13-21-16-24(28(7,8)9)19-25(17-21)29(10,11)12;7-4-1-5(8)3-6(9)2-4;;;/h13-21H,1-12H3;14-19H,13H2,1-12H3;1-3H;3*1H4. The van der Waals surface area contributed by atoms with Crippen molar-refractivity contribution in [2.45, 2.75) is 238 Å².